The molecule has 0 N–H and O–H groups in total. The molecule has 21 heavy (non-hydrogen) atoms. The minimum atomic E-state index is -0.365. The quantitative estimate of drug-likeness (QED) is 0.484. The Bertz CT molecular complexity index is 544. The zero-order valence-corrected chi connectivity index (χ0v) is 12.4. The molecule has 2 rings (SSSR count). The molecule has 6 nitrogen and oxygen atoms in total. The Balaban J connectivity index is 2.22. The Hall–Kier alpha value is -2.11. The van der Waals surface area contributed by atoms with E-state index in [2.05, 4.69) is 0 Å². The van der Waals surface area contributed by atoms with Gasteiger partial charge in [0.1, 0.15) is 5.69 Å². The van der Waals surface area contributed by atoms with Crippen LogP contribution >= 0.6 is 0 Å². The largest absolute Gasteiger partial charge is 0.466 e. The number of nitro groups is 1. The number of carbonyl (C=O) groups excluding carboxylic acids is 1. The molecule has 0 saturated carbocycles. The van der Waals surface area contributed by atoms with Crippen molar-refractivity contribution in [2.45, 2.75) is 26.7 Å². The number of anilines is 1. The Morgan fingerprint density at radius 1 is 1.52 bits per heavy atom. The van der Waals surface area contributed by atoms with Gasteiger partial charge in [0.25, 0.3) is 5.69 Å². The number of ether oxygens (including phenoxy) is 1. The molecule has 0 spiro atoms. The van der Waals surface area contributed by atoms with Crippen molar-refractivity contribution in [2.75, 3.05) is 24.6 Å². The van der Waals surface area contributed by atoms with E-state index in [9.17, 15) is 14.9 Å². The molecular formula is C15H20N2O4. The van der Waals surface area contributed by atoms with Crippen LogP contribution in [0.1, 0.15) is 25.3 Å². The highest BCUT2D eigenvalue weighted by Crippen LogP contribution is 2.32. The van der Waals surface area contributed by atoms with Crippen LogP contribution in [0.5, 0.6) is 0 Å². The highest BCUT2D eigenvalue weighted by atomic mass is 16.6. The van der Waals surface area contributed by atoms with Crippen molar-refractivity contribution >= 4 is 17.3 Å². The first kappa shape index (κ1) is 15.3. The summed E-state index contributed by atoms with van der Waals surface area (Å²) in [6.07, 6.45) is 1.60. The zero-order chi connectivity index (χ0) is 15.4. The second-order valence-corrected chi connectivity index (χ2v) is 5.29. The number of rotatable bonds is 4. The van der Waals surface area contributed by atoms with Crippen LogP contribution < -0.4 is 4.90 Å². The third-order valence-electron chi connectivity index (χ3n) is 3.71. The van der Waals surface area contributed by atoms with E-state index in [0.29, 0.717) is 18.8 Å². The molecule has 1 aromatic rings. The van der Waals surface area contributed by atoms with Gasteiger partial charge in [0.05, 0.1) is 17.4 Å². The maximum Gasteiger partial charge on any atom is 0.310 e. The molecule has 6 heteroatoms. The van der Waals surface area contributed by atoms with E-state index in [-0.39, 0.29) is 22.5 Å². The smallest absolute Gasteiger partial charge is 0.310 e. The Morgan fingerprint density at radius 2 is 2.29 bits per heavy atom. The summed E-state index contributed by atoms with van der Waals surface area (Å²) in [7, 11) is 0. The van der Waals surface area contributed by atoms with Crippen molar-refractivity contribution in [1.82, 2.24) is 0 Å². The Labute approximate surface area is 123 Å². The van der Waals surface area contributed by atoms with Crippen molar-refractivity contribution in [3.05, 3.63) is 33.9 Å². The van der Waals surface area contributed by atoms with Crippen LogP contribution in [0.4, 0.5) is 11.4 Å². The number of hydrogen-bond acceptors (Lipinski definition) is 5. The summed E-state index contributed by atoms with van der Waals surface area (Å²) >= 11 is 0. The van der Waals surface area contributed by atoms with Gasteiger partial charge in [-0.25, -0.2) is 0 Å². The molecule has 0 amide bonds. The van der Waals surface area contributed by atoms with Gasteiger partial charge in [-0.3, -0.25) is 14.9 Å². The topological polar surface area (TPSA) is 72.7 Å². The second kappa shape index (κ2) is 6.56. The summed E-state index contributed by atoms with van der Waals surface area (Å²) < 4.78 is 5.06. The number of aryl methyl sites for hydroxylation is 1. The average molecular weight is 292 g/mol. The number of piperidine rings is 1. The van der Waals surface area contributed by atoms with Crippen LogP contribution in [0.25, 0.3) is 0 Å². The third-order valence-corrected chi connectivity index (χ3v) is 3.71. The van der Waals surface area contributed by atoms with Crippen LogP contribution in [0, 0.1) is 23.0 Å². The Kier molecular flexibility index (Phi) is 4.77. The molecule has 1 fully saturated rings. The lowest BCUT2D eigenvalue weighted by Gasteiger charge is -2.32. The van der Waals surface area contributed by atoms with Gasteiger partial charge in [0.2, 0.25) is 0 Å². The van der Waals surface area contributed by atoms with Gasteiger partial charge in [-0.15, -0.1) is 0 Å². The van der Waals surface area contributed by atoms with Gasteiger partial charge >= 0.3 is 5.97 Å². The van der Waals surface area contributed by atoms with Gasteiger partial charge in [-0.05, 0) is 38.3 Å². The predicted molar refractivity (Wildman–Crippen MR) is 79.4 cm³/mol. The highest BCUT2D eigenvalue weighted by Gasteiger charge is 2.29. The van der Waals surface area contributed by atoms with E-state index in [4.69, 9.17) is 4.74 Å². The summed E-state index contributed by atoms with van der Waals surface area (Å²) in [5, 5.41) is 11.2. The minimum absolute atomic E-state index is 0.0968. The van der Waals surface area contributed by atoms with E-state index >= 15 is 0 Å². The third kappa shape index (κ3) is 3.51. The minimum Gasteiger partial charge on any atom is -0.466 e. The van der Waals surface area contributed by atoms with E-state index in [1.807, 2.05) is 17.9 Å². The highest BCUT2D eigenvalue weighted by molar-refractivity contribution is 5.74. The summed E-state index contributed by atoms with van der Waals surface area (Å²) in [6.45, 7) is 5.17. The van der Waals surface area contributed by atoms with Crippen molar-refractivity contribution in [1.29, 1.82) is 0 Å². The van der Waals surface area contributed by atoms with Crippen molar-refractivity contribution in [2.24, 2.45) is 5.92 Å². The maximum atomic E-state index is 11.9. The molecule has 1 saturated heterocycles. The molecule has 0 bridgehead atoms. The first-order chi connectivity index (χ1) is 10.0. The number of nitro benzene ring substituents is 1. The normalized spacial score (nSPS) is 18.4. The van der Waals surface area contributed by atoms with E-state index in [1.165, 1.54) is 0 Å². The summed E-state index contributed by atoms with van der Waals surface area (Å²) in [5.41, 5.74) is 1.53. The summed E-state index contributed by atoms with van der Waals surface area (Å²) in [4.78, 5) is 24.6. The fraction of sp³-hybridized carbons (Fsp3) is 0.533. The lowest BCUT2D eigenvalue weighted by Crippen LogP contribution is -2.39. The molecule has 0 radical (unpaired) electrons. The fourth-order valence-electron chi connectivity index (χ4n) is 2.70. The predicted octanol–water partition coefficient (Wildman–Crippen LogP) is 2.68. The molecule has 0 aromatic heterocycles. The number of benzene rings is 1. The van der Waals surface area contributed by atoms with E-state index in [1.54, 1.807) is 19.1 Å². The van der Waals surface area contributed by atoms with Crippen LogP contribution in [-0.2, 0) is 9.53 Å². The van der Waals surface area contributed by atoms with Crippen molar-refractivity contribution in [3.8, 4) is 0 Å². The lowest BCUT2D eigenvalue weighted by molar-refractivity contribution is -0.384. The average Bonchev–Trinajstić information content (AvgIpc) is 2.47. The van der Waals surface area contributed by atoms with Crippen molar-refractivity contribution < 1.29 is 14.5 Å². The van der Waals surface area contributed by atoms with E-state index in [0.717, 1.165) is 24.9 Å². The first-order valence-electron chi connectivity index (χ1n) is 7.19. The van der Waals surface area contributed by atoms with Crippen LogP contribution in [0.2, 0.25) is 0 Å². The molecule has 1 heterocycles. The van der Waals surface area contributed by atoms with Crippen LogP contribution in [-0.4, -0.2) is 30.6 Å². The molecule has 1 aliphatic heterocycles. The monoisotopic (exact) mass is 292 g/mol. The first-order valence-corrected chi connectivity index (χ1v) is 7.19. The maximum absolute atomic E-state index is 11.9. The fourth-order valence-corrected chi connectivity index (χ4v) is 2.70. The van der Waals surface area contributed by atoms with Crippen LogP contribution in [0.15, 0.2) is 18.2 Å². The number of nitrogens with zero attached hydrogens (tertiary/aromatic N) is 2. The van der Waals surface area contributed by atoms with Gasteiger partial charge in [-0.1, -0.05) is 6.07 Å². The number of carbonyl (C=O) groups is 1. The second-order valence-electron chi connectivity index (χ2n) is 5.29. The standard InChI is InChI=1S/C15H20N2O4/c1-3-21-15(18)12-5-4-8-16(10-12)13-7-6-11(2)9-14(13)17(19)20/h6-7,9,12H,3-5,8,10H2,1-2H3/t12-/m1/s1. The molecule has 114 valence electrons. The van der Waals surface area contributed by atoms with Gasteiger partial charge < -0.3 is 9.64 Å². The zero-order valence-electron chi connectivity index (χ0n) is 12.4. The molecule has 0 unspecified atom stereocenters. The van der Waals surface area contributed by atoms with Gasteiger partial charge in [0.15, 0.2) is 0 Å². The molecule has 1 atom stereocenters. The molecule has 1 aromatic carbocycles. The Morgan fingerprint density at radius 3 is 2.95 bits per heavy atom. The molecule has 1 aliphatic rings. The van der Waals surface area contributed by atoms with E-state index < -0.39 is 0 Å². The summed E-state index contributed by atoms with van der Waals surface area (Å²) in [6, 6.07) is 5.20. The number of hydrogen-bond donors (Lipinski definition) is 0. The molecule has 0 aliphatic carbocycles. The van der Waals surface area contributed by atoms with Gasteiger partial charge in [-0.2, -0.15) is 0 Å². The summed E-state index contributed by atoms with van der Waals surface area (Å²) in [5.74, 6) is -0.420. The number of esters is 1. The van der Waals surface area contributed by atoms with Crippen molar-refractivity contribution in [3.63, 3.8) is 0 Å². The SMILES string of the molecule is CCOC(=O)[C@@H]1CCCN(c2ccc(C)cc2[N+](=O)[O-])C1. The van der Waals surface area contributed by atoms with Gasteiger partial charge in [0, 0.05) is 19.2 Å². The molecular weight excluding hydrogens is 272 g/mol. The lowest BCUT2D eigenvalue weighted by atomic mass is 9.97. The van der Waals surface area contributed by atoms with Crippen LogP contribution in [0.3, 0.4) is 0 Å².